The minimum absolute atomic E-state index is 0.212. The number of ketones is 1. The molecule has 1 heterocycles. The summed E-state index contributed by atoms with van der Waals surface area (Å²) in [6, 6.07) is 0. The summed E-state index contributed by atoms with van der Waals surface area (Å²) in [5, 5.41) is 0. The second-order valence-electron chi connectivity index (χ2n) is 3.49. The summed E-state index contributed by atoms with van der Waals surface area (Å²) in [5.41, 5.74) is 1.76. The zero-order valence-electron chi connectivity index (χ0n) is 7.89. The third-order valence-electron chi connectivity index (χ3n) is 2.51. The van der Waals surface area contributed by atoms with Gasteiger partial charge in [0, 0.05) is 18.5 Å². The van der Waals surface area contributed by atoms with E-state index in [0.717, 1.165) is 37.2 Å². The molecular formula is C10H14N2O. The molecule has 1 aliphatic carbocycles. The molecule has 3 heteroatoms. The van der Waals surface area contributed by atoms with E-state index in [2.05, 4.69) is 9.97 Å². The van der Waals surface area contributed by atoms with Gasteiger partial charge < -0.3 is 4.98 Å². The average molecular weight is 178 g/mol. The van der Waals surface area contributed by atoms with Gasteiger partial charge >= 0.3 is 0 Å². The van der Waals surface area contributed by atoms with Gasteiger partial charge in [-0.15, -0.1) is 0 Å². The van der Waals surface area contributed by atoms with E-state index in [1.165, 1.54) is 0 Å². The van der Waals surface area contributed by atoms with Crippen LogP contribution < -0.4 is 0 Å². The summed E-state index contributed by atoms with van der Waals surface area (Å²) in [6.45, 7) is 2.04. The largest absolute Gasteiger partial charge is 0.345 e. The van der Waals surface area contributed by atoms with Gasteiger partial charge in [0.2, 0.25) is 0 Å². The number of aromatic amines is 1. The molecule has 1 aliphatic rings. The Bertz CT molecular complexity index is 328. The molecule has 0 spiro atoms. The topological polar surface area (TPSA) is 45.8 Å². The van der Waals surface area contributed by atoms with E-state index < -0.39 is 0 Å². The highest BCUT2D eigenvalue weighted by Gasteiger charge is 2.19. The number of carbonyl (C=O) groups is 1. The van der Waals surface area contributed by atoms with E-state index >= 15 is 0 Å². The van der Waals surface area contributed by atoms with Crippen molar-refractivity contribution in [3.8, 4) is 0 Å². The molecular weight excluding hydrogens is 164 g/mol. The van der Waals surface area contributed by atoms with Crippen LogP contribution in [0.3, 0.4) is 0 Å². The highest BCUT2D eigenvalue weighted by Crippen LogP contribution is 2.18. The third-order valence-corrected chi connectivity index (χ3v) is 2.51. The Morgan fingerprint density at radius 3 is 2.92 bits per heavy atom. The van der Waals surface area contributed by atoms with Gasteiger partial charge in [-0.2, -0.15) is 0 Å². The van der Waals surface area contributed by atoms with Crippen LogP contribution in [-0.4, -0.2) is 15.8 Å². The van der Waals surface area contributed by atoms with Crippen molar-refractivity contribution in [2.75, 3.05) is 0 Å². The fourth-order valence-electron chi connectivity index (χ4n) is 1.75. The molecule has 1 aromatic heterocycles. The Labute approximate surface area is 77.6 Å². The van der Waals surface area contributed by atoms with E-state index in [0.29, 0.717) is 12.1 Å². The molecule has 0 saturated carbocycles. The van der Waals surface area contributed by atoms with Crippen molar-refractivity contribution in [2.45, 2.75) is 39.0 Å². The molecule has 0 fully saturated rings. The number of aryl methyl sites for hydroxylation is 2. The van der Waals surface area contributed by atoms with Crippen molar-refractivity contribution >= 4 is 5.78 Å². The van der Waals surface area contributed by atoms with Crippen molar-refractivity contribution < 1.29 is 4.79 Å². The van der Waals surface area contributed by atoms with Crippen LogP contribution in [0, 0.1) is 0 Å². The molecule has 0 aromatic carbocycles. The first-order chi connectivity index (χ1) is 6.31. The minimum Gasteiger partial charge on any atom is -0.345 e. The normalized spacial score (nSPS) is 16.8. The Balaban J connectivity index is 2.39. The van der Waals surface area contributed by atoms with E-state index in [9.17, 15) is 4.79 Å². The highest BCUT2D eigenvalue weighted by molar-refractivity contribution is 5.95. The lowest BCUT2D eigenvalue weighted by Gasteiger charge is -1.91. The highest BCUT2D eigenvalue weighted by atomic mass is 16.1. The number of carbonyl (C=O) groups excluding carboxylic acids is 1. The molecule has 1 N–H and O–H groups in total. The molecule has 0 atom stereocenters. The number of aromatic nitrogens is 2. The molecule has 13 heavy (non-hydrogen) atoms. The van der Waals surface area contributed by atoms with Crippen LogP contribution in [0.1, 0.15) is 48.2 Å². The molecule has 0 radical (unpaired) electrons. The van der Waals surface area contributed by atoms with E-state index in [1.54, 1.807) is 0 Å². The average Bonchev–Trinajstić information content (AvgIpc) is 2.48. The molecule has 0 bridgehead atoms. The van der Waals surface area contributed by atoms with Gasteiger partial charge in [-0.25, -0.2) is 4.98 Å². The van der Waals surface area contributed by atoms with Crippen LogP contribution in [0.4, 0.5) is 0 Å². The molecule has 0 amide bonds. The van der Waals surface area contributed by atoms with Gasteiger partial charge in [-0.05, 0) is 19.3 Å². The van der Waals surface area contributed by atoms with E-state index in [-0.39, 0.29) is 5.78 Å². The predicted octanol–water partition coefficient (Wildman–Crippen LogP) is 1.88. The Morgan fingerprint density at radius 2 is 2.15 bits per heavy atom. The third kappa shape index (κ3) is 1.50. The lowest BCUT2D eigenvalue weighted by molar-refractivity contribution is 0.0977. The molecule has 3 nitrogen and oxygen atoms in total. The van der Waals surface area contributed by atoms with E-state index in [1.807, 2.05) is 6.92 Å². The summed E-state index contributed by atoms with van der Waals surface area (Å²) >= 11 is 0. The van der Waals surface area contributed by atoms with Crippen molar-refractivity contribution in [1.29, 1.82) is 0 Å². The number of Topliss-reactive ketones (excluding diaryl/α,β-unsaturated/α-hetero) is 1. The standard InChI is InChI=1S/C10H14N2O/c1-2-9-11-7-5-3-4-6-8(13)10(7)12-9/h2-6H2,1H3,(H,11,12). The van der Waals surface area contributed by atoms with Crippen LogP contribution in [0.25, 0.3) is 0 Å². The Hall–Kier alpha value is -1.12. The summed E-state index contributed by atoms with van der Waals surface area (Å²) < 4.78 is 0. The maximum atomic E-state index is 11.6. The minimum atomic E-state index is 0.212. The lowest BCUT2D eigenvalue weighted by Crippen LogP contribution is -1.99. The first-order valence-corrected chi connectivity index (χ1v) is 4.92. The SMILES string of the molecule is CCc1nc2c([nH]1)CCCCC2=O. The number of fused-ring (bicyclic) bond motifs is 1. The van der Waals surface area contributed by atoms with Gasteiger partial charge in [-0.1, -0.05) is 6.92 Å². The van der Waals surface area contributed by atoms with Crippen molar-refractivity contribution in [2.24, 2.45) is 0 Å². The van der Waals surface area contributed by atoms with Crippen molar-refractivity contribution in [3.05, 3.63) is 17.2 Å². The smallest absolute Gasteiger partial charge is 0.183 e. The maximum absolute atomic E-state index is 11.6. The quantitative estimate of drug-likeness (QED) is 0.667. The van der Waals surface area contributed by atoms with Gasteiger partial charge in [0.25, 0.3) is 0 Å². The summed E-state index contributed by atoms with van der Waals surface area (Å²) in [5.74, 6) is 1.16. The number of rotatable bonds is 1. The van der Waals surface area contributed by atoms with E-state index in [4.69, 9.17) is 0 Å². The maximum Gasteiger partial charge on any atom is 0.183 e. The van der Waals surface area contributed by atoms with Crippen LogP contribution in [0.5, 0.6) is 0 Å². The monoisotopic (exact) mass is 178 g/mol. The van der Waals surface area contributed by atoms with Gasteiger partial charge in [0.15, 0.2) is 5.78 Å². The van der Waals surface area contributed by atoms with Crippen molar-refractivity contribution in [3.63, 3.8) is 0 Å². The zero-order chi connectivity index (χ0) is 9.26. The first-order valence-electron chi connectivity index (χ1n) is 4.92. The number of hydrogen-bond donors (Lipinski definition) is 1. The zero-order valence-corrected chi connectivity index (χ0v) is 7.89. The molecule has 0 saturated heterocycles. The number of hydrogen-bond acceptors (Lipinski definition) is 2. The van der Waals surface area contributed by atoms with Crippen LogP contribution in [0.2, 0.25) is 0 Å². The molecule has 70 valence electrons. The summed E-state index contributed by atoms with van der Waals surface area (Å²) in [7, 11) is 0. The van der Waals surface area contributed by atoms with Gasteiger partial charge in [0.05, 0.1) is 0 Å². The Morgan fingerprint density at radius 1 is 1.38 bits per heavy atom. The lowest BCUT2D eigenvalue weighted by atomic mass is 10.2. The molecule has 1 aromatic rings. The molecule has 0 unspecified atom stereocenters. The van der Waals surface area contributed by atoms with Crippen LogP contribution >= 0.6 is 0 Å². The Kier molecular flexibility index (Phi) is 2.17. The second-order valence-corrected chi connectivity index (χ2v) is 3.49. The van der Waals surface area contributed by atoms with Gasteiger partial charge in [-0.3, -0.25) is 4.79 Å². The summed E-state index contributed by atoms with van der Waals surface area (Å²) in [6.07, 6.45) is 4.63. The summed E-state index contributed by atoms with van der Waals surface area (Å²) in [4.78, 5) is 19.1. The number of H-pyrrole nitrogens is 1. The fourth-order valence-corrected chi connectivity index (χ4v) is 1.75. The van der Waals surface area contributed by atoms with Gasteiger partial charge in [0.1, 0.15) is 11.5 Å². The number of imidazole rings is 1. The number of nitrogens with one attached hydrogen (secondary N) is 1. The first kappa shape index (κ1) is 8.48. The number of nitrogens with zero attached hydrogens (tertiary/aromatic N) is 1. The predicted molar refractivity (Wildman–Crippen MR) is 49.9 cm³/mol. The second kappa shape index (κ2) is 3.32. The fraction of sp³-hybridized carbons (Fsp3) is 0.600. The van der Waals surface area contributed by atoms with Crippen molar-refractivity contribution in [1.82, 2.24) is 9.97 Å². The molecule has 0 aliphatic heterocycles. The molecule has 2 rings (SSSR count). The van der Waals surface area contributed by atoms with Crippen LogP contribution in [-0.2, 0) is 12.8 Å². The van der Waals surface area contributed by atoms with Crippen LogP contribution in [0.15, 0.2) is 0 Å².